The average Bonchev–Trinajstić information content (AvgIpc) is 2.46. The zero-order valence-electron chi connectivity index (χ0n) is 11.4. The van der Waals surface area contributed by atoms with Gasteiger partial charge in [0.25, 0.3) is 0 Å². The van der Waals surface area contributed by atoms with Crippen molar-refractivity contribution in [3.05, 3.63) is 71.8 Å². The highest BCUT2D eigenvalue weighted by atomic mass is 16.2. The van der Waals surface area contributed by atoms with Crippen molar-refractivity contribution >= 4 is 5.91 Å². The molecule has 0 aromatic heterocycles. The van der Waals surface area contributed by atoms with Gasteiger partial charge < -0.3 is 5.32 Å². The van der Waals surface area contributed by atoms with Gasteiger partial charge in [0.05, 0.1) is 5.41 Å². The molecule has 2 rings (SSSR count). The Morgan fingerprint density at radius 1 is 0.947 bits per heavy atom. The molecular weight excluding hydrogens is 234 g/mol. The maximum absolute atomic E-state index is 12.3. The third-order valence-corrected chi connectivity index (χ3v) is 3.36. The first kappa shape index (κ1) is 13.3. The Morgan fingerprint density at radius 3 is 2.05 bits per heavy atom. The van der Waals surface area contributed by atoms with Crippen LogP contribution in [0.3, 0.4) is 0 Å². The Kier molecular flexibility index (Phi) is 4.00. The van der Waals surface area contributed by atoms with Gasteiger partial charge in [-0.25, -0.2) is 0 Å². The maximum atomic E-state index is 12.3. The van der Waals surface area contributed by atoms with E-state index >= 15 is 0 Å². The van der Waals surface area contributed by atoms with Crippen molar-refractivity contribution in [2.75, 3.05) is 0 Å². The molecule has 0 fully saturated rings. The summed E-state index contributed by atoms with van der Waals surface area (Å²) >= 11 is 0. The molecule has 0 radical (unpaired) electrons. The lowest BCUT2D eigenvalue weighted by atomic mass is 9.84. The van der Waals surface area contributed by atoms with Crippen molar-refractivity contribution in [3.8, 4) is 0 Å². The predicted octanol–water partition coefficient (Wildman–Crippen LogP) is 3.28. The summed E-state index contributed by atoms with van der Waals surface area (Å²) in [5.74, 6) is 0.0440. The molecule has 0 aliphatic carbocycles. The van der Waals surface area contributed by atoms with Gasteiger partial charge in [0, 0.05) is 6.54 Å². The van der Waals surface area contributed by atoms with Gasteiger partial charge in [-0.1, -0.05) is 60.7 Å². The molecule has 0 unspecified atom stereocenters. The average molecular weight is 253 g/mol. The second-order valence-corrected chi connectivity index (χ2v) is 5.16. The first-order valence-corrected chi connectivity index (χ1v) is 6.48. The van der Waals surface area contributed by atoms with E-state index in [1.54, 1.807) is 0 Å². The lowest BCUT2D eigenvalue weighted by Crippen LogP contribution is -2.39. The van der Waals surface area contributed by atoms with E-state index in [9.17, 15) is 4.79 Å². The molecule has 0 bridgehead atoms. The van der Waals surface area contributed by atoms with Crippen LogP contribution in [0.5, 0.6) is 0 Å². The van der Waals surface area contributed by atoms with E-state index < -0.39 is 5.41 Å². The van der Waals surface area contributed by atoms with Crippen molar-refractivity contribution in [1.29, 1.82) is 0 Å². The zero-order valence-corrected chi connectivity index (χ0v) is 11.4. The van der Waals surface area contributed by atoms with Gasteiger partial charge >= 0.3 is 0 Å². The summed E-state index contributed by atoms with van der Waals surface area (Å²) in [7, 11) is 0. The standard InChI is InChI=1S/C17H19NO/c1-17(2,15-11-7-4-8-12-15)16(19)18-13-14-9-5-3-6-10-14/h3-12H,13H2,1-2H3,(H,18,19). The summed E-state index contributed by atoms with van der Waals surface area (Å²) in [5, 5.41) is 3.00. The third-order valence-electron chi connectivity index (χ3n) is 3.36. The lowest BCUT2D eigenvalue weighted by molar-refractivity contribution is -0.125. The molecule has 0 aliphatic heterocycles. The van der Waals surface area contributed by atoms with Gasteiger partial charge in [0.1, 0.15) is 0 Å². The minimum absolute atomic E-state index is 0.0440. The fraction of sp³-hybridized carbons (Fsp3) is 0.235. The molecule has 19 heavy (non-hydrogen) atoms. The van der Waals surface area contributed by atoms with Crippen LogP contribution in [0.4, 0.5) is 0 Å². The first-order chi connectivity index (χ1) is 9.10. The molecule has 0 saturated heterocycles. The van der Waals surface area contributed by atoms with Crippen LogP contribution >= 0.6 is 0 Å². The van der Waals surface area contributed by atoms with Crippen LogP contribution in [0.25, 0.3) is 0 Å². The predicted molar refractivity (Wildman–Crippen MR) is 77.8 cm³/mol. The third kappa shape index (κ3) is 3.22. The summed E-state index contributed by atoms with van der Waals surface area (Å²) in [6, 6.07) is 19.8. The van der Waals surface area contributed by atoms with Crippen LogP contribution in [0.15, 0.2) is 60.7 Å². The van der Waals surface area contributed by atoms with Crippen molar-refractivity contribution in [3.63, 3.8) is 0 Å². The molecule has 2 aromatic carbocycles. The summed E-state index contributed by atoms with van der Waals surface area (Å²) in [4.78, 5) is 12.3. The van der Waals surface area contributed by atoms with Crippen LogP contribution in [-0.2, 0) is 16.8 Å². The topological polar surface area (TPSA) is 29.1 Å². The van der Waals surface area contributed by atoms with E-state index in [0.717, 1.165) is 11.1 Å². The smallest absolute Gasteiger partial charge is 0.230 e. The molecule has 98 valence electrons. The zero-order chi connectivity index (χ0) is 13.7. The molecular formula is C17H19NO. The first-order valence-electron chi connectivity index (χ1n) is 6.48. The van der Waals surface area contributed by atoms with Gasteiger partial charge in [0.15, 0.2) is 0 Å². The van der Waals surface area contributed by atoms with Crippen LogP contribution in [0, 0.1) is 0 Å². The van der Waals surface area contributed by atoms with Gasteiger partial charge in [-0.2, -0.15) is 0 Å². The van der Waals surface area contributed by atoms with Gasteiger partial charge in [-0.15, -0.1) is 0 Å². The Bertz CT molecular complexity index is 532. The number of carbonyl (C=O) groups excluding carboxylic acids is 1. The minimum Gasteiger partial charge on any atom is -0.351 e. The molecule has 0 spiro atoms. The Labute approximate surface area is 114 Å². The highest BCUT2D eigenvalue weighted by molar-refractivity contribution is 5.87. The van der Waals surface area contributed by atoms with E-state index in [1.807, 2.05) is 74.5 Å². The van der Waals surface area contributed by atoms with E-state index in [1.165, 1.54) is 0 Å². The summed E-state index contributed by atoms with van der Waals surface area (Å²) < 4.78 is 0. The Balaban J connectivity index is 2.03. The quantitative estimate of drug-likeness (QED) is 0.890. The largest absolute Gasteiger partial charge is 0.351 e. The van der Waals surface area contributed by atoms with Crippen LogP contribution in [0.2, 0.25) is 0 Å². The van der Waals surface area contributed by atoms with Gasteiger partial charge in [0.2, 0.25) is 5.91 Å². The Morgan fingerprint density at radius 2 is 1.47 bits per heavy atom. The van der Waals surface area contributed by atoms with E-state index in [2.05, 4.69) is 5.32 Å². The molecule has 0 saturated carbocycles. The summed E-state index contributed by atoms with van der Waals surface area (Å²) in [6.45, 7) is 4.46. The fourth-order valence-electron chi connectivity index (χ4n) is 1.99. The van der Waals surface area contributed by atoms with Crippen molar-refractivity contribution in [2.45, 2.75) is 25.8 Å². The number of benzene rings is 2. The number of carbonyl (C=O) groups is 1. The number of hydrogen-bond acceptors (Lipinski definition) is 1. The molecule has 2 aromatic rings. The molecule has 2 nitrogen and oxygen atoms in total. The minimum atomic E-state index is -0.518. The summed E-state index contributed by atoms with van der Waals surface area (Å²) in [6.07, 6.45) is 0. The number of hydrogen-bond donors (Lipinski definition) is 1. The van der Waals surface area contributed by atoms with E-state index in [4.69, 9.17) is 0 Å². The van der Waals surface area contributed by atoms with Crippen LogP contribution < -0.4 is 5.32 Å². The SMILES string of the molecule is CC(C)(C(=O)NCc1ccccc1)c1ccccc1. The monoisotopic (exact) mass is 253 g/mol. The van der Waals surface area contributed by atoms with Gasteiger partial charge in [-0.05, 0) is 25.0 Å². The Hall–Kier alpha value is -2.09. The molecule has 1 N–H and O–H groups in total. The number of amides is 1. The van der Waals surface area contributed by atoms with Crippen molar-refractivity contribution < 1.29 is 4.79 Å². The van der Waals surface area contributed by atoms with Gasteiger partial charge in [-0.3, -0.25) is 4.79 Å². The maximum Gasteiger partial charge on any atom is 0.230 e. The second kappa shape index (κ2) is 5.70. The summed E-state index contributed by atoms with van der Waals surface area (Å²) in [5.41, 5.74) is 1.62. The lowest BCUT2D eigenvalue weighted by Gasteiger charge is -2.24. The van der Waals surface area contributed by atoms with E-state index in [0.29, 0.717) is 6.54 Å². The molecule has 0 aliphatic rings. The van der Waals surface area contributed by atoms with E-state index in [-0.39, 0.29) is 5.91 Å². The highest BCUT2D eigenvalue weighted by Crippen LogP contribution is 2.23. The second-order valence-electron chi connectivity index (χ2n) is 5.16. The normalized spacial score (nSPS) is 11.1. The fourth-order valence-corrected chi connectivity index (χ4v) is 1.99. The van der Waals surface area contributed by atoms with Crippen molar-refractivity contribution in [1.82, 2.24) is 5.32 Å². The molecule has 0 atom stereocenters. The molecule has 0 heterocycles. The molecule has 2 heteroatoms. The van der Waals surface area contributed by atoms with Crippen LogP contribution in [0.1, 0.15) is 25.0 Å². The van der Waals surface area contributed by atoms with Crippen LogP contribution in [-0.4, -0.2) is 5.91 Å². The highest BCUT2D eigenvalue weighted by Gasteiger charge is 2.29. The molecule has 1 amide bonds. The number of rotatable bonds is 4. The number of nitrogens with one attached hydrogen (secondary N) is 1. The van der Waals surface area contributed by atoms with Crippen molar-refractivity contribution in [2.24, 2.45) is 0 Å².